The van der Waals surface area contributed by atoms with Crippen LogP contribution >= 0.6 is 11.6 Å². The van der Waals surface area contributed by atoms with Crippen molar-refractivity contribution in [1.82, 2.24) is 19.9 Å². The van der Waals surface area contributed by atoms with Crippen LogP contribution in [0.1, 0.15) is 56.0 Å². The zero-order valence-electron chi connectivity index (χ0n) is 16.1. The Morgan fingerprint density at radius 2 is 1.96 bits per heavy atom. The van der Waals surface area contributed by atoms with Crippen molar-refractivity contribution in [2.45, 2.75) is 57.4 Å². The van der Waals surface area contributed by atoms with E-state index in [1.807, 2.05) is 31.7 Å². The van der Waals surface area contributed by atoms with E-state index in [9.17, 15) is 0 Å². The summed E-state index contributed by atoms with van der Waals surface area (Å²) in [6, 6.07) is 2.49. The van der Waals surface area contributed by atoms with Gasteiger partial charge < -0.3 is 4.90 Å². The summed E-state index contributed by atoms with van der Waals surface area (Å²) < 4.78 is 0. The van der Waals surface area contributed by atoms with E-state index in [-0.39, 0.29) is 0 Å². The Morgan fingerprint density at radius 1 is 1.11 bits per heavy atom. The predicted molar refractivity (Wildman–Crippen MR) is 111 cm³/mol. The van der Waals surface area contributed by atoms with Crippen LogP contribution in [0.25, 0.3) is 0 Å². The van der Waals surface area contributed by atoms with Crippen molar-refractivity contribution in [1.29, 1.82) is 0 Å². The number of aromatic nitrogens is 2. The summed E-state index contributed by atoms with van der Waals surface area (Å²) in [6.07, 6.45) is 14.4. The van der Waals surface area contributed by atoms with Crippen molar-refractivity contribution >= 4 is 23.7 Å². The van der Waals surface area contributed by atoms with Crippen LogP contribution in [0, 0.1) is 12.8 Å². The number of halogens is 1. The van der Waals surface area contributed by atoms with E-state index in [0.29, 0.717) is 17.9 Å². The Labute approximate surface area is 170 Å². The monoisotopic (exact) mass is 396 g/mol. The van der Waals surface area contributed by atoms with Crippen LogP contribution < -0.4 is 0 Å². The van der Waals surface area contributed by atoms with Crippen molar-refractivity contribution in [3.63, 3.8) is 0 Å². The van der Waals surface area contributed by atoms with Crippen LogP contribution in [0.3, 0.4) is 0 Å². The number of nitrogens with zero attached hydrogens (tertiary/aromatic N) is 6. The van der Waals surface area contributed by atoms with E-state index in [1.54, 1.807) is 0 Å². The van der Waals surface area contributed by atoms with Crippen molar-refractivity contribution < 1.29 is 0 Å². The molecule has 1 saturated carbocycles. The molecule has 1 aromatic heterocycles. The van der Waals surface area contributed by atoms with E-state index in [4.69, 9.17) is 21.7 Å². The van der Waals surface area contributed by atoms with Crippen LogP contribution in [0.5, 0.6) is 0 Å². The van der Waals surface area contributed by atoms with E-state index < -0.39 is 0 Å². The van der Waals surface area contributed by atoms with Gasteiger partial charge in [-0.1, -0.05) is 11.6 Å². The molecule has 28 heavy (non-hydrogen) atoms. The third-order valence-electron chi connectivity index (χ3n) is 6.30. The number of hydrazone groups is 1. The number of aliphatic imine (C=N–C) groups is 1. The molecular formula is C21H25ClN6. The summed E-state index contributed by atoms with van der Waals surface area (Å²) in [7, 11) is 0. The van der Waals surface area contributed by atoms with Gasteiger partial charge in [-0.2, -0.15) is 5.10 Å². The zero-order valence-corrected chi connectivity index (χ0v) is 16.9. The van der Waals surface area contributed by atoms with Gasteiger partial charge in [0.05, 0.1) is 12.2 Å². The minimum absolute atomic E-state index is 0.422. The fourth-order valence-corrected chi connectivity index (χ4v) is 4.97. The highest BCUT2D eigenvalue weighted by Gasteiger charge is 2.35. The molecule has 2 aliphatic heterocycles. The molecule has 1 atom stereocenters. The second-order valence-electron chi connectivity index (χ2n) is 8.13. The summed E-state index contributed by atoms with van der Waals surface area (Å²) in [5.41, 5.74) is 2.29. The lowest BCUT2D eigenvalue weighted by Gasteiger charge is -2.34. The van der Waals surface area contributed by atoms with Crippen molar-refractivity contribution in [3.8, 4) is 0 Å². The molecule has 7 heteroatoms. The smallest absolute Gasteiger partial charge is 0.149 e. The summed E-state index contributed by atoms with van der Waals surface area (Å²) in [5, 5.41) is 7.84. The Morgan fingerprint density at radius 3 is 2.79 bits per heavy atom. The third-order valence-corrected chi connectivity index (χ3v) is 6.60. The summed E-state index contributed by atoms with van der Waals surface area (Å²) in [4.78, 5) is 15.9. The van der Waals surface area contributed by atoms with E-state index in [2.05, 4.69) is 25.9 Å². The summed E-state index contributed by atoms with van der Waals surface area (Å²) >= 11 is 6.23. The van der Waals surface area contributed by atoms with Crippen LogP contribution in [0.2, 0.25) is 0 Å². The molecule has 2 aliphatic carbocycles. The molecule has 3 heterocycles. The lowest BCUT2D eigenvalue weighted by molar-refractivity contribution is 0.180. The first-order valence-corrected chi connectivity index (χ1v) is 10.6. The molecule has 1 unspecified atom stereocenters. The van der Waals surface area contributed by atoms with Crippen molar-refractivity contribution in [3.05, 3.63) is 46.9 Å². The first kappa shape index (κ1) is 17.9. The van der Waals surface area contributed by atoms with Gasteiger partial charge in [-0.05, 0) is 57.6 Å². The average Bonchev–Trinajstić information content (AvgIpc) is 3.02. The SMILES string of the molecule is Cc1nccc(C2CCC(N3N=CN4CC5CCC(Cl)=CC5=NC=C43)CC2)n1. The number of aryl methyl sites for hydroxylation is 1. The van der Waals surface area contributed by atoms with Crippen LogP contribution in [0.4, 0.5) is 0 Å². The van der Waals surface area contributed by atoms with E-state index in [0.717, 1.165) is 67.5 Å². The maximum Gasteiger partial charge on any atom is 0.149 e. The number of rotatable bonds is 2. The Balaban J connectivity index is 1.29. The zero-order chi connectivity index (χ0) is 19.1. The first-order chi connectivity index (χ1) is 13.7. The molecule has 5 rings (SSSR count). The molecule has 0 bridgehead atoms. The maximum atomic E-state index is 6.23. The number of allylic oxidation sites excluding steroid dienone is 2. The van der Waals surface area contributed by atoms with Gasteiger partial charge in [0.2, 0.25) is 0 Å². The van der Waals surface area contributed by atoms with Gasteiger partial charge in [0.15, 0.2) is 0 Å². The van der Waals surface area contributed by atoms with Crippen LogP contribution in [0.15, 0.2) is 45.5 Å². The van der Waals surface area contributed by atoms with Crippen molar-refractivity contribution in [2.24, 2.45) is 16.0 Å². The van der Waals surface area contributed by atoms with Gasteiger partial charge in [0, 0.05) is 41.0 Å². The fourth-order valence-electron chi connectivity index (χ4n) is 4.75. The molecule has 146 valence electrons. The minimum atomic E-state index is 0.422. The molecule has 6 nitrogen and oxygen atoms in total. The third kappa shape index (κ3) is 3.34. The quantitative estimate of drug-likeness (QED) is 0.753. The highest BCUT2D eigenvalue weighted by molar-refractivity contribution is 6.31. The lowest BCUT2D eigenvalue weighted by Crippen LogP contribution is -2.36. The first-order valence-electron chi connectivity index (χ1n) is 10.2. The molecule has 0 saturated heterocycles. The van der Waals surface area contributed by atoms with Gasteiger partial charge in [-0.25, -0.2) is 15.0 Å². The van der Waals surface area contributed by atoms with Crippen LogP contribution in [-0.2, 0) is 0 Å². The Kier molecular flexibility index (Phi) is 4.67. The average molecular weight is 397 g/mol. The Bertz CT molecular complexity index is 881. The number of hydrogen-bond donors (Lipinski definition) is 0. The van der Waals surface area contributed by atoms with Gasteiger partial charge in [0.1, 0.15) is 18.0 Å². The minimum Gasteiger partial charge on any atom is -0.314 e. The highest BCUT2D eigenvalue weighted by atomic mass is 35.5. The number of fused-ring (bicyclic) bond motifs is 2. The molecule has 0 N–H and O–H groups in total. The Hall–Kier alpha value is -2.21. The fraction of sp³-hybridized carbons (Fsp3) is 0.524. The van der Waals surface area contributed by atoms with Gasteiger partial charge in [0.25, 0.3) is 0 Å². The second kappa shape index (κ2) is 7.32. The topological polar surface area (TPSA) is 57.0 Å². The standard InChI is InChI=1S/C21H25ClN6/c1-14-23-9-8-19(26-14)15-3-6-18(7-4-15)28-21-11-24-20-10-17(22)5-2-16(20)12-27(21)13-25-28/h8-11,13,15-16,18H,2-7,12H2,1H3. The van der Waals surface area contributed by atoms with E-state index in [1.165, 1.54) is 5.69 Å². The molecule has 0 spiro atoms. The molecule has 1 aromatic rings. The van der Waals surface area contributed by atoms with Crippen molar-refractivity contribution in [2.75, 3.05) is 6.54 Å². The second-order valence-corrected chi connectivity index (χ2v) is 8.62. The lowest BCUT2D eigenvalue weighted by atomic mass is 9.83. The summed E-state index contributed by atoms with van der Waals surface area (Å²) in [5.74, 6) is 2.92. The number of hydrogen-bond acceptors (Lipinski definition) is 6. The molecule has 0 amide bonds. The molecule has 1 fully saturated rings. The molecule has 0 radical (unpaired) electrons. The molecule has 4 aliphatic rings. The summed E-state index contributed by atoms with van der Waals surface area (Å²) in [6.45, 7) is 2.89. The predicted octanol–water partition coefficient (Wildman–Crippen LogP) is 4.16. The molecular weight excluding hydrogens is 372 g/mol. The molecule has 0 aromatic carbocycles. The van der Waals surface area contributed by atoms with E-state index >= 15 is 0 Å². The van der Waals surface area contributed by atoms with Gasteiger partial charge >= 0.3 is 0 Å². The normalized spacial score (nSPS) is 29.5. The van der Waals surface area contributed by atoms with Gasteiger partial charge in [-0.15, -0.1) is 0 Å². The maximum absolute atomic E-state index is 6.23. The van der Waals surface area contributed by atoms with Gasteiger partial charge in [-0.3, -0.25) is 4.99 Å². The highest BCUT2D eigenvalue weighted by Crippen LogP contribution is 2.37. The largest absolute Gasteiger partial charge is 0.314 e. The van der Waals surface area contributed by atoms with Crippen LogP contribution in [-0.4, -0.2) is 44.5 Å².